The molecule has 0 aliphatic rings. The summed E-state index contributed by atoms with van der Waals surface area (Å²) in [4.78, 5) is 0. The molecule has 0 aliphatic carbocycles. The zero-order valence-electron chi connectivity index (χ0n) is 5.29. The minimum Gasteiger partial charge on any atom is -0.497 e. The molecule has 48 valence electrons. The number of rotatable bonds is 1. The summed E-state index contributed by atoms with van der Waals surface area (Å²) in [5, 5.41) is 0. The van der Waals surface area contributed by atoms with Crippen LogP contribution in [0.4, 0.5) is 5.69 Å². The van der Waals surface area contributed by atoms with E-state index in [-0.39, 0.29) is 0 Å². The fourth-order valence-electron chi connectivity index (χ4n) is 0.604. The van der Waals surface area contributed by atoms with Crippen LogP contribution < -0.4 is 10.5 Å². The molecule has 0 aliphatic heterocycles. The molecule has 9 heavy (non-hydrogen) atoms. The van der Waals surface area contributed by atoms with Crippen molar-refractivity contribution in [2.75, 3.05) is 12.8 Å². The lowest BCUT2D eigenvalue weighted by Crippen LogP contribution is -1.84. The van der Waals surface area contributed by atoms with Crippen molar-refractivity contribution in [2.24, 2.45) is 0 Å². The van der Waals surface area contributed by atoms with E-state index in [0.29, 0.717) is 0 Å². The number of hydrogen-bond acceptors (Lipinski definition) is 2. The smallest absolute Gasteiger partial charge is 0.119 e. The highest BCUT2D eigenvalue weighted by Gasteiger charge is 1.85. The molecule has 0 saturated heterocycles. The Balaban J connectivity index is 2.88. The van der Waals surface area contributed by atoms with E-state index in [9.17, 15) is 0 Å². The van der Waals surface area contributed by atoms with Crippen molar-refractivity contribution < 1.29 is 4.74 Å². The van der Waals surface area contributed by atoms with E-state index in [1.54, 1.807) is 19.2 Å². The average molecular weight is 122 g/mol. The highest BCUT2D eigenvalue weighted by Crippen LogP contribution is 2.11. The maximum atomic E-state index is 5.43. The van der Waals surface area contributed by atoms with Gasteiger partial charge in [0.05, 0.1) is 7.11 Å². The number of ether oxygens (including phenoxy) is 1. The van der Waals surface area contributed by atoms with Gasteiger partial charge in [0.1, 0.15) is 5.75 Å². The van der Waals surface area contributed by atoms with Crippen LogP contribution in [-0.2, 0) is 0 Å². The summed E-state index contributed by atoms with van der Waals surface area (Å²) in [6.07, 6.45) is 0. The van der Waals surface area contributed by atoms with Crippen LogP contribution in [0.1, 0.15) is 0 Å². The van der Waals surface area contributed by atoms with Gasteiger partial charge in [-0.05, 0) is 24.3 Å². The summed E-state index contributed by atoms with van der Waals surface area (Å²) in [5.74, 6) is 0.837. The first-order valence-corrected chi connectivity index (χ1v) is 2.72. The molecule has 2 N–H and O–H groups in total. The van der Waals surface area contributed by atoms with Gasteiger partial charge in [0.15, 0.2) is 0 Å². The number of methoxy groups -OCH3 is 1. The monoisotopic (exact) mass is 122 g/mol. The molecule has 1 aromatic rings. The molecule has 0 heterocycles. The van der Waals surface area contributed by atoms with Gasteiger partial charge in [-0.3, -0.25) is 0 Å². The van der Waals surface area contributed by atoms with Crippen LogP contribution in [0.3, 0.4) is 0 Å². The molecule has 0 unspecified atom stereocenters. The normalized spacial score (nSPS) is 9.00. The van der Waals surface area contributed by atoms with Gasteiger partial charge < -0.3 is 10.5 Å². The van der Waals surface area contributed by atoms with E-state index >= 15 is 0 Å². The number of benzene rings is 1. The van der Waals surface area contributed by atoms with E-state index < -0.39 is 0 Å². The first kappa shape index (κ1) is 5.95. The van der Waals surface area contributed by atoms with Gasteiger partial charge in [-0.1, -0.05) is 0 Å². The molecule has 0 fully saturated rings. The summed E-state index contributed by atoms with van der Waals surface area (Å²) in [6, 6.07) is 7.27. The summed E-state index contributed by atoms with van der Waals surface area (Å²) in [6.45, 7) is 0. The molecule has 0 bridgehead atoms. The summed E-state index contributed by atoms with van der Waals surface area (Å²) in [5.41, 5.74) is 6.19. The van der Waals surface area contributed by atoms with Gasteiger partial charge in [-0.25, -0.2) is 0 Å². The van der Waals surface area contributed by atoms with E-state index in [0.717, 1.165) is 11.4 Å². The third kappa shape index (κ3) is 1.35. The molecule has 1 aromatic carbocycles. The fraction of sp³-hybridized carbons (Fsp3) is 0.143. The minimum atomic E-state index is 0.760. The second-order valence-corrected chi connectivity index (χ2v) is 1.77. The van der Waals surface area contributed by atoms with Crippen LogP contribution in [-0.4, -0.2) is 7.11 Å². The summed E-state index contributed by atoms with van der Waals surface area (Å²) in [7, 11) is 1.63. The molecular weight excluding hydrogens is 113 g/mol. The van der Waals surface area contributed by atoms with Gasteiger partial charge >= 0.3 is 0 Å². The number of hydrogen-bond donors (Lipinski definition) is 1. The lowest BCUT2D eigenvalue weighted by molar-refractivity contribution is 0.415. The maximum Gasteiger partial charge on any atom is 0.119 e. The van der Waals surface area contributed by atoms with Crippen LogP contribution >= 0.6 is 0 Å². The van der Waals surface area contributed by atoms with Crippen LogP contribution in [0.2, 0.25) is 0 Å². The summed E-state index contributed by atoms with van der Waals surface area (Å²) >= 11 is 0. The average Bonchev–Trinajstić information content (AvgIpc) is 1.90. The second kappa shape index (κ2) is 2.40. The third-order valence-electron chi connectivity index (χ3n) is 1.12. The molecule has 0 saturated carbocycles. The lowest BCUT2D eigenvalue weighted by atomic mass is 10.3. The molecule has 2 heteroatoms. The SMILES string of the molecule is [11CH3]Oc1ccc(N)cc1. The van der Waals surface area contributed by atoms with E-state index in [1.807, 2.05) is 12.1 Å². The zero-order chi connectivity index (χ0) is 6.69. The fourth-order valence-corrected chi connectivity index (χ4v) is 0.604. The van der Waals surface area contributed by atoms with Crippen molar-refractivity contribution in [3.8, 4) is 5.75 Å². The van der Waals surface area contributed by atoms with Crippen molar-refractivity contribution in [3.05, 3.63) is 24.3 Å². The number of anilines is 1. The minimum absolute atomic E-state index is 0.760. The number of nitrogens with two attached hydrogens (primary N) is 1. The van der Waals surface area contributed by atoms with Gasteiger partial charge in [-0.2, -0.15) is 0 Å². The Bertz CT molecular complexity index is 181. The van der Waals surface area contributed by atoms with Crippen LogP contribution in [0.5, 0.6) is 5.75 Å². The van der Waals surface area contributed by atoms with Crippen LogP contribution in [0, 0.1) is 0 Å². The highest BCUT2D eigenvalue weighted by atomic mass is 16.4. The molecule has 0 amide bonds. The van der Waals surface area contributed by atoms with Crippen molar-refractivity contribution in [1.29, 1.82) is 0 Å². The molecule has 2 nitrogen and oxygen atoms in total. The predicted molar refractivity (Wildman–Crippen MR) is 37.4 cm³/mol. The van der Waals surface area contributed by atoms with Crippen molar-refractivity contribution in [3.63, 3.8) is 0 Å². The third-order valence-corrected chi connectivity index (χ3v) is 1.12. The summed E-state index contributed by atoms with van der Waals surface area (Å²) < 4.78 is 4.91. The van der Waals surface area contributed by atoms with Crippen molar-refractivity contribution in [2.45, 2.75) is 0 Å². The Morgan fingerprint density at radius 1 is 1.22 bits per heavy atom. The maximum absolute atomic E-state index is 5.43. The first-order valence-electron chi connectivity index (χ1n) is 2.72. The Labute approximate surface area is 54.2 Å². The Morgan fingerprint density at radius 3 is 2.22 bits per heavy atom. The Kier molecular flexibility index (Phi) is 1.58. The quantitative estimate of drug-likeness (QED) is 0.569. The van der Waals surface area contributed by atoms with E-state index in [1.165, 1.54) is 0 Å². The van der Waals surface area contributed by atoms with Gasteiger partial charge in [0, 0.05) is 5.69 Å². The second-order valence-electron chi connectivity index (χ2n) is 1.77. The molecule has 0 aromatic heterocycles. The Hall–Kier alpha value is -1.18. The van der Waals surface area contributed by atoms with Gasteiger partial charge in [-0.15, -0.1) is 0 Å². The number of nitrogen functional groups attached to an aromatic ring is 1. The Morgan fingerprint density at radius 2 is 1.78 bits per heavy atom. The highest BCUT2D eigenvalue weighted by molar-refractivity contribution is 5.41. The largest absolute Gasteiger partial charge is 0.497 e. The predicted octanol–water partition coefficient (Wildman–Crippen LogP) is 1.28. The van der Waals surface area contributed by atoms with E-state index in [4.69, 9.17) is 10.5 Å². The molecule has 0 radical (unpaired) electrons. The van der Waals surface area contributed by atoms with Gasteiger partial charge in [0.2, 0.25) is 0 Å². The van der Waals surface area contributed by atoms with Crippen LogP contribution in [0.15, 0.2) is 24.3 Å². The zero-order valence-corrected chi connectivity index (χ0v) is 5.29. The standard InChI is InChI=1S/C7H9NO/c1-9-7-4-2-6(8)3-5-7/h2-5H,8H2,1H3/i1-1. The first-order chi connectivity index (χ1) is 4.33. The van der Waals surface area contributed by atoms with Gasteiger partial charge in [0.25, 0.3) is 0 Å². The molecule has 0 spiro atoms. The topological polar surface area (TPSA) is 35.2 Å². The lowest BCUT2D eigenvalue weighted by Gasteiger charge is -1.97. The van der Waals surface area contributed by atoms with E-state index in [2.05, 4.69) is 0 Å². The van der Waals surface area contributed by atoms with Crippen molar-refractivity contribution >= 4 is 5.69 Å². The molecule has 1 rings (SSSR count). The molecule has 0 atom stereocenters. The van der Waals surface area contributed by atoms with Crippen molar-refractivity contribution in [1.82, 2.24) is 0 Å². The molecular formula is C7H9NO. The van der Waals surface area contributed by atoms with Crippen LogP contribution in [0.25, 0.3) is 0 Å².